The first-order chi connectivity index (χ1) is 5.11. The van der Waals surface area contributed by atoms with Crippen molar-refractivity contribution in [1.82, 2.24) is 0 Å². The van der Waals surface area contributed by atoms with Crippen molar-refractivity contribution in [2.75, 3.05) is 0 Å². The number of nitro groups is 1. The van der Waals surface area contributed by atoms with Gasteiger partial charge in [-0.1, -0.05) is 6.07 Å². The lowest BCUT2D eigenvalue weighted by Crippen LogP contribution is -1.89. The highest BCUT2D eigenvalue weighted by molar-refractivity contribution is 9.10. The van der Waals surface area contributed by atoms with Crippen LogP contribution >= 0.6 is 15.9 Å². The van der Waals surface area contributed by atoms with Crippen LogP contribution in [0.3, 0.4) is 0 Å². The maximum atomic E-state index is 10.3. The van der Waals surface area contributed by atoms with Crippen molar-refractivity contribution < 1.29 is 4.92 Å². The summed E-state index contributed by atoms with van der Waals surface area (Å²) < 4.78 is 0.481. The summed E-state index contributed by atoms with van der Waals surface area (Å²) in [6, 6.07) is 4.74. The SMILES string of the molecule is [CH2]c1ccc(Br)c([N+](=O)[O-])c1. The van der Waals surface area contributed by atoms with E-state index in [1.54, 1.807) is 12.1 Å². The van der Waals surface area contributed by atoms with Crippen molar-refractivity contribution in [1.29, 1.82) is 0 Å². The third-order valence-corrected chi connectivity index (χ3v) is 1.88. The Morgan fingerprint density at radius 2 is 2.18 bits per heavy atom. The Bertz CT molecular complexity index is 298. The molecule has 0 aliphatic carbocycles. The molecule has 0 bridgehead atoms. The largest absolute Gasteiger partial charge is 0.283 e. The van der Waals surface area contributed by atoms with E-state index < -0.39 is 4.92 Å². The standard InChI is InChI=1S/C7H5BrNO2/c1-5-2-3-6(8)7(4-5)9(10)11/h2-4H,1H2. The van der Waals surface area contributed by atoms with Crippen molar-refractivity contribution >= 4 is 21.6 Å². The van der Waals surface area contributed by atoms with Crippen molar-refractivity contribution in [3.8, 4) is 0 Å². The van der Waals surface area contributed by atoms with Gasteiger partial charge in [0.25, 0.3) is 5.69 Å². The summed E-state index contributed by atoms with van der Waals surface area (Å²) in [5.74, 6) is 0. The summed E-state index contributed by atoms with van der Waals surface area (Å²) in [6.45, 7) is 3.58. The van der Waals surface area contributed by atoms with Gasteiger partial charge in [-0.3, -0.25) is 10.1 Å². The van der Waals surface area contributed by atoms with Gasteiger partial charge in [-0.05, 0) is 34.5 Å². The van der Waals surface area contributed by atoms with Crippen LogP contribution in [0.2, 0.25) is 0 Å². The average molecular weight is 215 g/mol. The first-order valence-corrected chi connectivity index (χ1v) is 3.66. The lowest BCUT2D eigenvalue weighted by atomic mass is 10.2. The smallest absolute Gasteiger partial charge is 0.258 e. The number of rotatable bonds is 1. The molecule has 0 N–H and O–H groups in total. The van der Waals surface area contributed by atoms with E-state index in [4.69, 9.17) is 0 Å². The summed E-state index contributed by atoms with van der Waals surface area (Å²) in [6.07, 6.45) is 0. The quantitative estimate of drug-likeness (QED) is 0.533. The van der Waals surface area contributed by atoms with Crippen molar-refractivity contribution in [2.24, 2.45) is 0 Å². The topological polar surface area (TPSA) is 43.1 Å². The second-order valence-corrected chi connectivity index (χ2v) is 2.90. The fourth-order valence-electron chi connectivity index (χ4n) is 0.698. The minimum absolute atomic E-state index is 0.0532. The molecule has 1 rings (SSSR count). The molecule has 1 aromatic carbocycles. The molecule has 3 nitrogen and oxygen atoms in total. The van der Waals surface area contributed by atoms with Crippen LogP contribution in [0.1, 0.15) is 5.56 Å². The Balaban J connectivity index is 3.23. The van der Waals surface area contributed by atoms with Gasteiger partial charge in [0.15, 0.2) is 0 Å². The number of nitro benzene ring substituents is 1. The zero-order chi connectivity index (χ0) is 8.43. The van der Waals surface area contributed by atoms with Crippen molar-refractivity contribution in [3.63, 3.8) is 0 Å². The van der Waals surface area contributed by atoms with E-state index in [-0.39, 0.29) is 5.69 Å². The van der Waals surface area contributed by atoms with Crippen LogP contribution in [-0.4, -0.2) is 4.92 Å². The van der Waals surface area contributed by atoms with Gasteiger partial charge in [-0.15, -0.1) is 0 Å². The molecule has 0 aliphatic heterocycles. The number of hydrogen-bond acceptors (Lipinski definition) is 2. The minimum atomic E-state index is -0.446. The zero-order valence-corrected chi connectivity index (χ0v) is 7.17. The lowest BCUT2D eigenvalue weighted by molar-refractivity contribution is -0.385. The highest BCUT2D eigenvalue weighted by Crippen LogP contribution is 2.24. The van der Waals surface area contributed by atoms with Gasteiger partial charge in [-0.25, -0.2) is 0 Å². The number of nitrogens with zero attached hydrogens (tertiary/aromatic N) is 1. The number of halogens is 1. The zero-order valence-electron chi connectivity index (χ0n) is 5.58. The molecular formula is C7H5BrNO2. The Kier molecular flexibility index (Phi) is 2.24. The molecule has 0 aliphatic rings. The fraction of sp³-hybridized carbons (Fsp3) is 0. The first kappa shape index (κ1) is 8.20. The molecule has 0 heterocycles. The number of benzene rings is 1. The Morgan fingerprint density at radius 3 is 2.64 bits per heavy atom. The predicted molar refractivity (Wildman–Crippen MR) is 45.3 cm³/mol. The summed E-state index contributed by atoms with van der Waals surface area (Å²) in [7, 11) is 0. The van der Waals surface area contributed by atoms with Gasteiger partial charge in [0.05, 0.1) is 9.40 Å². The van der Waals surface area contributed by atoms with Gasteiger partial charge < -0.3 is 0 Å². The third kappa shape index (κ3) is 1.77. The highest BCUT2D eigenvalue weighted by atomic mass is 79.9. The van der Waals surface area contributed by atoms with E-state index in [0.717, 1.165) is 0 Å². The summed E-state index contributed by atoms with van der Waals surface area (Å²) in [5.41, 5.74) is 0.692. The minimum Gasteiger partial charge on any atom is -0.258 e. The third-order valence-electron chi connectivity index (χ3n) is 1.21. The van der Waals surface area contributed by atoms with Gasteiger partial charge in [0, 0.05) is 6.07 Å². The van der Waals surface area contributed by atoms with Crippen LogP contribution in [0.25, 0.3) is 0 Å². The summed E-state index contributed by atoms with van der Waals surface area (Å²) in [4.78, 5) is 9.88. The van der Waals surface area contributed by atoms with E-state index in [2.05, 4.69) is 22.9 Å². The fourth-order valence-corrected chi connectivity index (χ4v) is 1.09. The normalized spacial score (nSPS) is 9.64. The molecule has 4 heteroatoms. The van der Waals surface area contributed by atoms with E-state index in [0.29, 0.717) is 10.0 Å². The molecule has 0 saturated carbocycles. The molecule has 57 valence electrons. The first-order valence-electron chi connectivity index (χ1n) is 2.87. The van der Waals surface area contributed by atoms with E-state index in [1.807, 2.05) is 0 Å². The molecule has 0 unspecified atom stereocenters. The molecule has 0 spiro atoms. The average Bonchev–Trinajstić information content (AvgIpc) is 1.94. The predicted octanol–water partition coefficient (Wildman–Crippen LogP) is 2.54. The second-order valence-electron chi connectivity index (χ2n) is 2.04. The lowest BCUT2D eigenvalue weighted by Gasteiger charge is -1.95. The van der Waals surface area contributed by atoms with Crippen LogP contribution < -0.4 is 0 Å². The van der Waals surface area contributed by atoms with Crippen molar-refractivity contribution in [2.45, 2.75) is 0 Å². The molecule has 11 heavy (non-hydrogen) atoms. The van der Waals surface area contributed by atoms with E-state index in [9.17, 15) is 10.1 Å². The Morgan fingerprint density at radius 1 is 1.55 bits per heavy atom. The Hall–Kier alpha value is -0.900. The molecule has 0 aromatic heterocycles. The van der Waals surface area contributed by atoms with Crippen LogP contribution in [-0.2, 0) is 0 Å². The van der Waals surface area contributed by atoms with E-state index in [1.165, 1.54) is 6.07 Å². The van der Waals surface area contributed by atoms with Crippen LogP contribution in [0, 0.1) is 17.0 Å². The van der Waals surface area contributed by atoms with Gasteiger partial charge in [0.1, 0.15) is 0 Å². The van der Waals surface area contributed by atoms with Crippen LogP contribution in [0.15, 0.2) is 22.7 Å². The number of hydrogen-bond donors (Lipinski definition) is 0. The molecule has 1 aromatic rings. The highest BCUT2D eigenvalue weighted by Gasteiger charge is 2.09. The van der Waals surface area contributed by atoms with Gasteiger partial charge >= 0.3 is 0 Å². The van der Waals surface area contributed by atoms with Crippen LogP contribution in [0.4, 0.5) is 5.69 Å². The molecule has 0 fully saturated rings. The monoisotopic (exact) mass is 214 g/mol. The molecule has 0 amide bonds. The maximum absolute atomic E-state index is 10.3. The second kappa shape index (κ2) is 3.00. The summed E-state index contributed by atoms with van der Waals surface area (Å²) in [5, 5.41) is 10.3. The molecule has 0 atom stereocenters. The molecule has 0 saturated heterocycles. The van der Waals surface area contributed by atoms with Gasteiger partial charge in [0.2, 0.25) is 0 Å². The van der Waals surface area contributed by atoms with Crippen molar-refractivity contribution in [3.05, 3.63) is 45.3 Å². The molecular weight excluding hydrogens is 210 g/mol. The van der Waals surface area contributed by atoms with Crippen LogP contribution in [0.5, 0.6) is 0 Å². The molecule has 1 radical (unpaired) electrons. The van der Waals surface area contributed by atoms with E-state index >= 15 is 0 Å². The Labute approximate surface area is 72.3 Å². The maximum Gasteiger partial charge on any atom is 0.283 e. The summed E-state index contributed by atoms with van der Waals surface area (Å²) >= 11 is 3.06. The van der Waals surface area contributed by atoms with Gasteiger partial charge in [-0.2, -0.15) is 0 Å².